The fourth-order valence-corrected chi connectivity index (χ4v) is 2.93. The van der Waals surface area contributed by atoms with Gasteiger partial charge in [-0.1, -0.05) is 60.2 Å². The van der Waals surface area contributed by atoms with Crippen molar-refractivity contribution in [2.24, 2.45) is 0 Å². The lowest BCUT2D eigenvalue weighted by Gasteiger charge is -2.16. The molecule has 0 saturated heterocycles. The Kier molecular flexibility index (Phi) is 6.59. The summed E-state index contributed by atoms with van der Waals surface area (Å²) in [5.41, 5.74) is 3.38. The standard InChI is InChI=1S/C22H23N3O3/c1-16-9-11-18(12-10-16)21(17-6-3-2-4-7-17)23-15-20(26)25-22(27)24-14-19-8-5-13-28-19/h2-13,21,23H,14-15H2,1H3,(H2,24,25,26,27)/p+1/t21-/m1/s1. The van der Waals surface area contributed by atoms with Crippen LogP contribution in [-0.4, -0.2) is 18.5 Å². The van der Waals surface area contributed by atoms with Gasteiger partial charge >= 0.3 is 6.03 Å². The van der Waals surface area contributed by atoms with Gasteiger partial charge in [0.05, 0.1) is 12.8 Å². The Morgan fingerprint density at radius 3 is 2.36 bits per heavy atom. The van der Waals surface area contributed by atoms with Crippen LogP contribution in [0.25, 0.3) is 0 Å². The predicted molar refractivity (Wildman–Crippen MR) is 105 cm³/mol. The number of nitrogens with one attached hydrogen (secondary N) is 2. The highest BCUT2D eigenvalue weighted by Gasteiger charge is 2.19. The highest BCUT2D eigenvalue weighted by atomic mass is 16.3. The van der Waals surface area contributed by atoms with Gasteiger partial charge in [0.25, 0.3) is 5.91 Å². The number of hydrogen-bond donors (Lipinski definition) is 3. The molecule has 1 aromatic heterocycles. The van der Waals surface area contributed by atoms with Crippen LogP contribution in [0.3, 0.4) is 0 Å². The van der Waals surface area contributed by atoms with E-state index in [9.17, 15) is 9.59 Å². The van der Waals surface area contributed by atoms with Crippen molar-refractivity contribution in [3.63, 3.8) is 0 Å². The molecule has 3 amide bonds. The molecule has 1 atom stereocenters. The van der Waals surface area contributed by atoms with E-state index in [4.69, 9.17) is 4.42 Å². The Hall–Kier alpha value is -3.38. The maximum absolute atomic E-state index is 12.2. The first kappa shape index (κ1) is 19.4. The molecule has 0 aliphatic rings. The summed E-state index contributed by atoms with van der Waals surface area (Å²) in [7, 11) is 0. The van der Waals surface area contributed by atoms with Crippen molar-refractivity contribution in [3.8, 4) is 0 Å². The largest absolute Gasteiger partial charge is 0.467 e. The van der Waals surface area contributed by atoms with Gasteiger partial charge in [0, 0.05) is 11.1 Å². The minimum atomic E-state index is -0.540. The first-order valence-corrected chi connectivity index (χ1v) is 9.17. The summed E-state index contributed by atoms with van der Waals surface area (Å²) >= 11 is 0. The molecule has 0 aliphatic carbocycles. The van der Waals surface area contributed by atoms with E-state index in [1.807, 2.05) is 42.6 Å². The van der Waals surface area contributed by atoms with Crippen LogP contribution in [0.2, 0.25) is 0 Å². The SMILES string of the molecule is Cc1ccc([C@H]([NH2+]CC(=O)NC(=O)NCc2ccco2)c2ccccc2)cc1. The molecule has 144 valence electrons. The molecule has 2 aromatic carbocycles. The molecule has 0 aliphatic heterocycles. The second-order valence-corrected chi connectivity index (χ2v) is 6.55. The fraction of sp³-hybridized carbons (Fsp3) is 0.182. The maximum Gasteiger partial charge on any atom is 0.321 e. The van der Waals surface area contributed by atoms with E-state index in [0.717, 1.165) is 11.1 Å². The highest BCUT2D eigenvalue weighted by molar-refractivity contribution is 5.94. The summed E-state index contributed by atoms with van der Waals surface area (Å²) in [6.45, 7) is 2.40. The number of benzene rings is 2. The fourth-order valence-electron chi connectivity index (χ4n) is 2.93. The van der Waals surface area contributed by atoms with Gasteiger partial charge in [-0.25, -0.2) is 4.79 Å². The molecule has 0 fully saturated rings. The number of imide groups is 1. The van der Waals surface area contributed by atoms with Crippen LogP contribution in [0.15, 0.2) is 77.4 Å². The van der Waals surface area contributed by atoms with Crippen molar-refractivity contribution in [2.75, 3.05) is 6.54 Å². The number of carbonyl (C=O) groups is 2. The molecule has 3 rings (SSSR count). The van der Waals surface area contributed by atoms with Gasteiger partial charge in [-0.15, -0.1) is 0 Å². The van der Waals surface area contributed by atoms with Gasteiger partial charge in [-0.2, -0.15) is 0 Å². The van der Waals surface area contributed by atoms with E-state index in [1.54, 1.807) is 12.1 Å². The molecular weight excluding hydrogens is 354 g/mol. The lowest BCUT2D eigenvalue weighted by molar-refractivity contribution is -0.676. The van der Waals surface area contributed by atoms with E-state index < -0.39 is 6.03 Å². The number of hydrogen-bond acceptors (Lipinski definition) is 3. The van der Waals surface area contributed by atoms with Crippen LogP contribution in [0.5, 0.6) is 0 Å². The van der Waals surface area contributed by atoms with Crippen LogP contribution in [0.1, 0.15) is 28.5 Å². The number of nitrogens with two attached hydrogens (primary N) is 1. The van der Waals surface area contributed by atoms with Gasteiger partial charge in [-0.3, -0.25) is 10.1 Å². The van der Waals surface area contributed by atoms with Gasteiger partial charge in [-0.05, 0) is 19.1 Å². The third-order valence-corrected chi connectivity index (χ3v) is 4.39. The second-order valence-electron chi connectivity index (χ2n) is 6.55. The molecule has 0 radical (unpaired) electrons. The van der Waals surface area contributed by atoms with Crippen molar-refractivity contribution in [3.05, 3.63) is 95.4 Å². The zero-order valence-corrected chi connectivity index (χ0v) is 15.7. The smallest absolute Gasteiger partial charge is 0.321 e. The molecule has 6 heteroatoms. The Morgan fingerprint density at radius 1 is 0.964 bits per heavy atom. The molecule has 0 spiro atoms. The molecule has 28 heavy (non-hydrogen) atoms. The van der Waals surface area contributed by atoms with E-state index in [1.165, 1.54) is 11.8 Å². The molecule has 0 saturated carbocycles. The molecule has 3 aromatic rings. The van der Waals surface area contributed by atoms with E-state index in [-0.39, 0.29) is 25.0 Å². The van der Waals surface area contributed by atoms with Crippen molar-refractivity contribution in [2.45, 2.75) is 19.5 Å². The predicted octanol–water partition coefficient (Wildman–Crippen LogP) is 2.27. The number of aryl methyl sites for hydroxylation is 1. The molecule has 1 heterocycles. The van der Waals surface area contributed by atoms with E-state index in [0.29, 0.717) is 5.76 Å². The summed E-state index contributed by atoms with van der Waals surface area (Å²) in [5, 5.41) is 6.87. The van der Waals surface area contributed by atoms with Crippen LogP contribution in [-0.2, 0) is 11.3 Å². The van der Waals surface area contributed by atoms with Gasteiger partial charge in [0.2, 0.25) is 0 Å². The minimum Gasteiger partial charge on any atom is -0.467 e. The number of quaternary nitrogens is 1. The number of furan rings is 1. The zero-order chi connectivity index (χ0) is 19.8. The number of amides is 3. The quantitative estimate of drug-likeness (QED) is 0.589. The summed E-state index contributed by atoms with van der Waals surface area (Å²) in [4.78, 5) is 24.1. The summed E-state index contributed by atoms with van der Waals surface area (Å²) < 4.78 is 5.14. The summed E-state index contributed by atoms with van der Waals surface area (Å²) in [6, 6.07) is 21.2. The van der Waals surface area contributed by atoms with Crippen LogP contribution >= 0.6 is 0 Å². The third-order valence-electron chi connectivity index (χ3n) is 4.39. The number of carbonyl (C=O) groups excluding carboxylic acids is 2. The van der Waals surface area contributed by atoms with Crippen molar-refractivity contribution < 1.29 is 19.3 Å². The van der Waals surface area contributed by atoms with Crippen molar-refractivity contribution >= 4 is 11.9 Å². The Morgan fingerprint density at radius 2 is 1.68 bits per heavy atom. The Labute approximate surface area is 164 Å². The highest BCUT2D eigenvalue weighted by Crippen LogP contribution is 2.18. The average molecular weight is 378 g/mol. The zero-order valence-electron chi connectivity index (χ0n) is 15.7. The number of urea groups is 1. The first-order chi connectivity index (χ1) is 13.6. The first-order valence-electron chi connectivity index (χ1n) is 9.17. The monoisotopic (exact) mass is 378 g/mol. The topological polar surface area (TPSA) is 88.0 Å². The van der Waals surface area contributed by atoms with Crippen LogP contribution < -0.4 is 16.0 Å². The van der Waals surface area contributed by atoms with Gasteiger partial charge in [0.15, 0.2) is 6.54 Å². The number of rotatable bonds is 7. The molecule has 6 nitrogen and oxygen atoms in total. The average Bonchev–Trinajstić information content (AvgIpc) is 3.22. The molecule has 0 bridgehead atoms. The summed E-state index contributed by atoms with van der Waals surface area (Å²) in [5.74, 6) is 0.266. The van der Waals surface area contributed by atoms with Crippen molar-refractivity contribution in [1.82, 2.24) is 10.6 Å². The second kappa shape index (κ2) is 9.53. The summed E-state index contributed by atoms with van der Waals surface area (Å²) in [6.07, 6.45) is 1.53. The lowest BCUT2D eigenvalue weighted by atomic mass is 9.98. The molecule has 0 unspecified atom stereocenters. The normalized spacial score (nSPS) is 11.6. The third kappa shape index (κ3) is 5.56. The Bertz CT molecular complexity index is 891. The van der Waals surface area contributed by atoms with Crippen LogP contribution in [0.4, 0.5) is 4.79 Å². The maximum atomic E-state index is 12.2. The van der Waals surface area contributed by atoms with Gasteiger partial charge < -0.3 is 15.1 Å². The lowest BCUT2D eigenvalue weighted by Crippen LogP contribution is -2.88. The van der Waals surface area contributed by atoms with Gasteiger partial charge in [0.1, 0.15) is 11.8 Å². The minimum absolute atomic E-state index is 0.0290. The van der Waals surface area contributed by atoms with Crippen LogP contribution in [0, 0.1) is 6.92 Å². The molecular formula is C22H24N3O3+. The molecule has 4 N–H and O–H groups in total. The Balaban J connectivity index is 1.57. The van der Waals surface area contributed by atoms with E-state index in [2.05, 4.69) is 34.9 Å². The van der Waals surface area contributed by atoms with Crippen molar-refractivity contribution in [1.29, 1.82) is 0 Å². The van der Waals surface area contributed by atoms with E-state index >= 15 is 0 Å².